The summed E-state index contributed by atoms with van der Waals surface area (Å²) in [6.07, 6.45) is 0. The molecule has 1 saturated heterocycles. The summed E-state index contributed by atoms with van der Waals surface area (Å²) in [7, 11) is 0.766. The fraction of sp³-hybridized carbons (Fsp3) is 0.667. The lowest BCUT2D eigenvalue weighted by Crippen LogP contribution is -2.44. The van der Waals surface area contributed by atoms with Crippen molar-refractivity contribution in [1.82, 2.24) is 9.80 Å². The minimum absolute atomic E-state index is 0.566. The zero-order valence-electron chi connectivity index (χ0n) is 16.1. The van der Waals surface area contributed by atoms with E-state index in [9.17, 15) is 0 Å². The molecule has 1 fully saturated rings. The van der Waals surface area contributed by atoms with Crippen LogP contribution in [0.3, 0.4) is 0 Å². The molecule has 1 aliphatic heterocycles. The molecule has 0 aliphatic carbocycles. The maximum Gasteiger partial charge on any atom is 0.488 e. The van der Waals surface area contributed by atoms with Crippen LogP contribution >= 0.6 is 0 Å². The van der Waals surface area contributed by atoms with Crippen molar-refractivity contribution in [3.8, 4) is 0 Å². The second-order valence-electron chi connectivity index (χ2n) is 7.82. The molecule has 0 radical (unpaired) electrons. The average molecular weight is 352 g/mol. The van der Waals surface area contributed by atoms with Crippen LogP contribution in [0, 0.1) is 0 Å². The van der Waals surface area contributed by atoms with Crippen molar-refractivity contribution in [2.45, 2.75) is 45.4 Å². The van der Waals surface area contributed by atoms with Crippen LogP contribution in [0.25, 0.3) is 0 Å². The minimum Gasteiger partial charge on any atom is -0.423 e. The van der Waals surface area contributed by atoms with E-state index in [1.54, 1.807) is 33.8 Å². The third-order valence-electron chi connectivity index (χ3n) is 4.75. The minimum atomic E-state index is -1.37. The Morgan fingerprint density at radius 3 is 1.92 bits per heavy atom. The standard InChI is InChI=1S/C12H19BN2O2.C6H14O2/c1-14-5-7-15(8-6-14)10-11-3-2-4-12(9-11)13(16)17;1-5(2,7)6(3,4)8/h2-4,9,16-17H,5-8,10H2,1H3;7-8H,1-4H3. The fourth-order valence-corrected chi connectivity index (χ4v) is 2.12. The Labute approximate surface area is 151 Å². The van der Waals surface area contributed by atoms with Crippen LogP contribution in [0.1, 0.15) is 33.3 Å². The van der Waals surface area contributed by atoms with Gasteiger partial charge in [0.1, 0.15) is 0 Å². The third-order valence-corrected chi connectivity index (χ3v) is 4.75. The van der Waals surface area contributed by atoms with Gasteiger partial charge in [-0.1, -0.05) is 24.3 Å². The van der Waals surface area contributed by atoms with Gasteiger partial charge < -0.3 is 25.2 Å². The lowest BCUT2D eigenvalue weighted by atomic mass is 9.79. The monoisotopic (exact) mass is 352 g/mol. The summed E-state index contributed by atoms with van der Waals surface area (Å²) in [4.78, 5) is 4.72. The highest BCUT2D eigenvalue weighted by Gasteiger charge is 2.31. The second kappa shape index (κ2) is 9.12. The third kappa shape index (κ3) is 7.86. The molecule has 1 aromatic rings. The molecule has 6 nitrogen and oxygen atoms in total. The van der Waals surface area contributed by atoms with Crippen molar-refractivity contribution in [2.75, 3.05) is 33.2 Å². The number of hydrogen-bond donors (Lipinski definition) is 4. The van der Waals surface area contributed by atoms with Crippen molar-refractivity contribution in [2.24, 2.45) is 0 Å². The Morgan fingerprint density at radius 2 is 1.48 bits per heavy atom. The number of likely N-dealkylation sites (N-methyl/N-ethyl adjacent to an activating group) is 1. The summed E-state index contributed by atoms with van der Waals surface area (Å²) in [5, 5.41) is 36.5. The Balaban J connectivity index is 0.000000333. The van der Waals surface area contributed by atoms with Crippen LogP contribution in [0.15, 0.2) is 24.3 Å². The van der Waals surface area contributed by atoms with Crippen molar-refractivity contribution in [3.05, 3.63) is 29.8 Å². The smallest absolute Gasteiger partial charge is 0.423 e. The van der Waals surface area contributed by atoms with Gasteiger partial charge in [0.15, 0.2) is 0 Å². The molecular formula is C18H33BN2O4. The number of aliphatic hydroxyl groups is 2. The highest BCUT2D eigenvalue weighted by molar-refractivity contribution is 6.58. The maximum atomic E-state index is 9.12. The predicted octanol–water partition coefficient (Wildman–Crippen LogP) is -0.358. The Bertz CT molecular complexity index is 507. The largest absolute Gasteiger partial charge is 0.488 e. The summed E-state index contributed by atoms with van der Waals surface area (Å²) in [6, 6.07) is 7.51. The molecule has 0 atom stereocenters. The van der Waals surface area contributed by atoms with E-state index in [0.717, 1.165) is 38.3 Å². The summed E-state index contributed by atoms with van der Waals surface area (Å²) in [5.74, 6) is 0. The highest BCUT2D eigenvalue weighted by Crippen LogP contribution is 2.19. The molecule has 0 bridgehead atoms. The van der Waals surface area contributed by atoms with E-state index in [1.807, 2.05) is 18.2 Å². The normalized spacial score (nSPS) is 17.0. The zero-order valence-corrected chi connectivity index (χ0v) is 16.1. The summed E-state index contributed by atoms with van der Waals surface area (Å²) in [6.45, 7) is 11.5. The first-order valence-corrected chi connectivity index (χ1v) is 8.71. The van der Waals surface area contributed by atoms with E-state index < -0.39 is 18.3 Å². The van der Waals surface area contributed by atoms with Crippen LogP contribution in [0.4, 0.5) is 0 Å². The van der Waals surface area contributed by atoms with Crippen molar-refractivity contribution >= 4 is 12.6 Å². The molecule has 2 rings (SSSR count). The van der Waals surface area contributed by atoms with Crippen molar-refractivity contribution in [3.63, 3.8) is 0 Å². The van der Waals surface area contributed by atoms with Crippen LogP contribution < -0.4 is 5.46 Å². The molecule has 0 spiro atoms. The average Bonchev–Trinajstić information content (AvgIpc) is 2.48. The predicted molar refractivity (Wildman–Crippen MR) is 102 cm³/mol. The highest BCUT2D eigenvalue weighted by atomic mass is 16.4. The number of rotatable bonds is 4. The molecular weight excluding hydrogens is 319 g/mol. The van der Waals surface area contributed by atoms with Gasteiger partial charge in [0.2, 0.25) is 0 Å². The van der Waals surface area contributed by atoms with Crippen molar-refractivity contribution in [1.29, 1.82) is 0 Å². The lowest BCUT2D eigenvalue weighted by Gasteiger charge is -2.32. The molecule has 142 valence electrons. The first-order valence-electron chi connectivity index (χ1n) is 8.71. The molecule has 0 amide bonds. The van der Waals surface area contributed by atoms with Gasteiger partial charge in [0.25, 0.3) is 0 Å². The van der Waals surface area contributed by atoms with Crippen molar-refractivity contribution < 1.29 is 20.3 Å². The fourth-order valence-electron chi connectivity index (χ4n) is 2.12. The molecule has 25 heavy (non-hydrogen) atoms. The SMILES string of the molecule is CC(C)(O)C(C)(C)O.CN1CCN(Cc2cccc(B(O)O)c2)CC1. The second-order valence-corrected chi connectivity index (χ2v) is 7.82. The lowest BCUT2D eigenvalue weighted by molar-refractivity contribution is -0.107. The van der Waals surface area contributed by atoms with E-state index in [1.165, 1.54) is 0 Å². The molecule has 4 N–H and O–H groups in total. The number of hydrogen-bond acceptors (Lipinski definition) is 6. The van der Waals surface area contributed by atoms with E-state index >= 15 is 0 Å². The van der Waals surface area contributed by atoms with E-state index in [4.69, 9.17) is 20.3 Å². The van der Waals surface area contributed by atoms with E-state index in [-0.39, 0.29) is 0 Å². The van der Waals surface area contributed by atoms with Gasteiger partial charge in [-0.3, -0.25) is 4.90 Å². The Morgan fingerprint density at radius 1 is 0.960 bits per heavy atom. The Hall–Kier alpha value is -0.955. The Kier molecular flexibility index (Phi) is 8.06. The summed E-state index contributed by atoms with van der Waals surface area (Å²) >= 11 is 0. The topological polar surface area (TPSA) is 87.4 Å². The van der Waals surface area contributed by atoms with E-state index in [0.29, 0.717) is 5.46 Å². The molecule has 0 unspecified atom stereocenters. The molecule has 1 aliphatic rings. The first-order chi connectivity index (χ1) is 11.4. The molecule has 7 heteroatoms. The van der Waals surface area contributed by atoms with Crippen LogP contribution in [-0.4, -0.2) is 81.6 Å². The quantitative estimate of drug-likeness (QED) is 0.554. The number of benzene rings is 1. The van der Waals surface area contributed by atoms with E-state index in [2.05, 4.69) is 16.8 Å². The van der Waals surface area contributed by atoms with Crippen LogP contribution in [0.2, 0.25) is 0 Å². The van der Waals surface area contributed by atoms with Gasteiger partial charge in [0, 0.05) is 32.7 Å². The van der Waals surface area contributed by atoms with Gasteiger partial charge in [-0.05, 0) is 45.8 Å². The molecule has 0 aromatic heterocycles. The summed E-state index contributed by atoms with van der Waals surface area (Å²) < 4.78 is 0. The van der Waals surface area contributed by atoms with Crippen LogP contribution in [0.5, 0.6) is 0 Å². The van der Waals surface area contributed by atoms with Gasteiger partial charge in [-0.2, -0.15) is 0 Å². The summed E-state index contributed by atoms with van der Waals surface area (Å²) in [5.41, 5.74) is -0.309. The molecule has 1 aromatic carbocycles. The van der Waals surface area contributed by atoms with Gasteiger partial charge in [0.05, 0.1) is 11.2 Å². The van der Waals surface area contributed by atoms with Gasteiger partial charge in [-0.15, -0.1) is 0 Å². The maximum absolute atomic E-state index is 9.12. The van der Waals surface area contributed by atoms with Gasteiger partial charge >= 0.3 is 7.12 Å². The number of piperazine rings is 1. The zero-order chi connectivity index (χ0) is 19.3. The molecule has 1 heterocycles. The first kappa shape index (κ1) is 22.1. The molecule has 0 saturated carbocycles. The number of nitrogens with zero attached hydrogens (tertiary/aromatic N) is 2. The van der Waals surface area contributed by atoms with Gasteiger partial charge in [-0.25, -0.2) is 0 Å². The van der Waals surface area contributed by atoms with Crippen LogP contribution in [-0.2, 0) is 6.54 Å².